The molecule has 1 aliphatic heterocycles. The molecule has 0 N–H and O–H groups in total. The van der Waals surface area contributed by atoms with E-state index in [9.17, 15) is 13.2 Å². The molecule has 174 valence electrons. The quantitative estimate of drug-likeness (QED) is 0.555. The Bertz CT molecular complexity index is 966. The van der Waals surface area contributed by atoms with E-state index in [1.54, 1.807) is 12.1 Å². The van der Waals surface area contributed by atoms with Gasteiger partial charge >= 0.3 is 0 Å². The van der Waals surface area contributed by atoms with Crippen LogP contribution in [0.3, 0.4) is 0 Å². The summed E-state index contributed by atoms with van der Waals surface area (Å²) in [6, 6.07) is 3.17. The van der Waals surface area contributed by atoms with Gasteiger partial charge in [0, 0.05) is 38.0 Å². The molecule has 32 heavy (non-hydrogen) atoms. The van der Waals surface area contributed by atoms with Gasteiger partial charge in [-0.25, -0.2) is 13.4 Å². The van der Waals surface area contributed by atoms with Gasteiger partial charge in [0.25, 0.3) is 0 Å². The van der Waals surface area contributed by atoms with E-state index in [-0.39, 0.29) is 4.90 Å². The summed E-state index contributed by atoms with van der Waals surface area (Å²) < 4.78 is 28.7. The van der Waals surface area contributed by atoms with Crippen LogP contribution in [-0.4, -0.2) is 50.2 Å². The number of allylic oxidation sites excluding steroid dienone is 2. The summed E-state index contributed by atoms with van der Waals surface area (Å²) in [7, 11) is -3.23. The fourth-order valence-corrected chi connectivity index (χ4v) is 6.79. The Labute approximate surface area is 191 Å². The number of fused-ring (bicyclic) bond motifs is 2. The molecule has 3 aliphatic carbocycles. The highest BCUT2D eigenvalue weighted by atomic mass is 32.2. The van der Waals surface area contributed by atoms with E-state index in [2.05, 4.69) is 22.0 Å². The van der Waals surface area contributed by atoms with E-state index in [1.165, 1.54) is 31.7 Å². The molecule has 5 atom stereocenters. The first-order chi connectivity index (χ1) is 15.4. The third kappa shape index (κ3) is 4.87. The van der Waals surface area contributed by atoms with Crippen LogP contribution in [0.2, 0.25) is 0 Å². The molecule has 2 bridgehead atoms. The van der Waals surface area contributed by atoms with Crippen molar-refractivity contribution in [1.82, 2.24) is 9.88 Å². The number of piperidine rings is 1. The van der Waals surface area contributed by atoms with Gasteiger partial charge in [0.15, 0.2) is 9.84 Å². The Morgan fingerprint density at radius 1 is 1.12 bits per heavy atom. The van der Waals surface area contributed by atoms with Crippen molar-refractivity contribution in [1.29, 1.82) is 0 Å². The minimum absolute atomic E-state index is 0.212. The van der Waals surface area contributed by atoms with Gasteiger partial charge in [-0.3, -0.25) is 4.79 Å². The molecule has 3 unspecified atom stereocenters. The Morgan fingerprint density at radius 3 is 2.56 bits per heavy atom. The summed E-state index contributed by atoms with van der Waals surface area (Å²) in [5.41, 5.74) is 0. The van der Waals surface area contributed by atoms with Crippen LogP contribution in [-0.2, 0) is 14.6 Å². The van der Waals surface area contributed by atoms with E-state index in [1.807, 2.05) is 0 Å². The van der Waals surface area contributed by atoms with Crippen LogP contribution in [0.1, 0.15) is 44.9 Å². The third-order valence-electron chi connectivity index (χ3n) is 8.20. The molecule has 0 aromatic carbocycles. The van der Waals surface area contributed by atoms with Crippen LogP contribution < -0.4 is 4.74 Å². The van der Waals surface area contributed by atoms with Crippen molar-refractivity contribution in [2.45, 2.75) is 49.8 Å². The molecule has 3 fully saturated rings. The molecule has 0 radical (unpaired) electrons. The zero-order valence-corrected chi connectivity index (χ0v) is 19.7. The second kappa shape index (κ2) is 8.81. The molecule has 4 aliphatic rings. The predicted octanol–water partition coefficient (Wildman–Crippen LogP) is 3.73. The Kier molecular flexibility index (Phi) is 6.03. The monoisotopic (exact) mass is 458 g/mol. The number of hydrogen-bond donors (Lipinski definition) is 0. The fourth-order valence-electron chi connectivity index (χ4n) is 6.23. The maximum atomic E-state index is 12.8. The van der Waals surface area contributed by atoms with E-state index in [4.69, 9.17) is 4.74 Å². The molecule has 5 rings (SSSR count). The lowest BCUT2D eigenvalue weighted by Gasteiger charge is -2.33. The first kappa shape index (κ1) is 21.9. The summed E-state index contributed by atoms with van der Waals surface area (Å²) in [5.74, 6) is 5.05. The molecule has 0 spiro atoms. The number of carbonyl (C=O) groups is 1. The summed E-state index contributed by atoms with van der Waals surface area (Å²) in [5, 5.41) is 0. The summed E-state index contributed by atoms with van der Waals surface area (Å²) in [6.07, 6.45) is 15.0. The van der Waals surface area contributed by atoms with Gasteiger partial charge in [-0.15, -0.1) is 0 Å². The minimum Gasteiger partial charge on any atom is -0.478 e. The number of pyridine rings is 1. The predicted molar refractivity (Wildman–Crippen MR) is 122 cm³/mol. The van der Waals surface area contributed by atoms with Gasteiger partial charge in [-0.1, -0.05) is 12.2 Å². The number of nitrogens with zero attached hydrogens (tertiary/aromatic N) is 2. The van der Waals surface area contributed by atoms with Gasteiger partial charge < -0.3 is 9.64 Å². The Morgan fingerprint density at radius 2 is 1.94 bits per heavy atom. The molecule has 1 amide bonds. The highest BCUT2D eigenvalue weighted by Gasteiger charge is 2.44. The molecule has 2 saturated carbocycles. The average Bonchev–Trinajstić information content (AvgIpc) is 3.23. The molecular formula is C25H34N2O4S. The molecule has 6 nitrogen and oxygen atoms in total. The van der Waals surface area contributed by atoms with E-state index in [0.717, 1.165) is 56.5 Å². The SMILES string of the molecule is CS(=O)(=O)c1ccc(OCC[C@@H]2C[C@@H]2C2CCN(C(=O)CC3CC4C=CC3C4)CC2)nc1. The van der Waals surface area contributed by atoms with Crippen LogP contribution in [0.5, 0.6) is 5.88 Å². The zero-order valence-electron chi connectivity index (χ0n) is 18.9. The van der Waals surface area contributed by atoms with Gasteiger partial charge in [0.05, 0.1) is 11.5 Å². The van der Waals surface area contributed by atoms with Crippen molar-refractivity contribution in [3.05, 3.63) is 30.5 Å². The van der Waals surface area contributed by atoms with Crippen molar-refractivity contribution < 1.29 is 17.9 Å². The first-order valence-electron chi connectivity index (χ1n) is 12.1. The Balaban J connectivity index is 0.997. The smallest absolute Gasteiger partial charge is 0.222 e. The molecule has 1 aromatic rings. The zero-order chi connectivity index (χ0) is 22.3. The molecule has 1 aromatic heterocycles. The number of sulfone groups is 1. The number of hydrogen-bond acceptors (Lipinski definition) is 5. The number of carbonyl (C=O) groups excluding carboxylic acids is 1. The van der Waals surface area contributed by atoms with E-state index >= 15 is 0 Å². The summed E-state index contributed by atoms with van der Waals surface area (Å²) in [6.45, 7) is 2.47. The number of rotatable bonds is 8. The molecule has 2 heterocycles. The molecule has 1 saturated heterocycles. The van der Waals surface area contributed by atoms with Crippen molar-refractivity contribution in [2.75, 3.05) is 26.0 Å². The standard InChI is InChI=1S/C25H34N2O4S/c1-32(29,30)22-4-5-24(26-16-22)31-11-8-20-14-23(20)18-6-9-27(10-7-18)25(28)15-21-13-17-2-3-19(21)12-17/h2-5,16-21,23H,6-15H2,1H3/t17?,19?,20-,21?,23-/m1/s1. The van der Waals surface area contributed by atoms with Crippen LogP contribution in [0, 0.1) is 35.5 Å². The maximum absolute atomic E-state index is 12.8. The lowest BCUT2D eigenvalue weighted by molar-refractivity contribution is -0.133. The van der Waals surface area contributed by atoms with Gasteiger partial charge in [-0.05, 0) is 80.1 Å². The summed E-state index contributed by atoms with van der Waals surface area (Å²) >= 11 is 0. The normalized spacial score (nSPS) is 31.8. The van der Waals surface area contributed by atoms with Crippen molar-refractivity contribution in [3.63, 3.8) is 0 Å². The molecule has 7 heteroatoms. The van der Waals surface area contributed by atoms with E-state index in [0.29, 0.717) is 36.1 Å². The number of amides is 1. The van der Waals surface area contributed by atoms with Crippen LogP contribution in [0.25, 0.3) is 0 Å². The first-order valence-corrected chi connectivity index (χ1v) is 14.0. The largest absolute Gasteiger partial charge is 0.478 e. The Hall–Kier alpha value is -1.89. The van der Waals surface area contributed by atoms with Crippen molar-refractivity contribution >= 4 is 15.7 Å². The van der Waals surface area contributed by atoms with E-state index < -0.39 is 9.84 Å². The fraction of sp³-hybridized carbons (Fsp3) is 0.680. The highest BCUT2D eigenvalue weighted by Crippen LogP contribution is 2.50. The van der Waals surface area contributed by atoms with Crippen molar-refractivity contribution in [3.8, 4) is 5.88 Å². The topological polar surface area (TPSA) is 76.6 Å². The van der Waals surface area contributed by atoms with Gasteiger partial charge in [0.2, 0.25) is 11.8 Å². The third-order valence-corrected chi connectivity index (χ3v) is 9.30. The van der Waals surface area contributed by atoms with Crippen LogP contribution >= 0.6 is 0 Å². The number of likely N-dealkylation sites (tertiary alicyclic amines) is 1. The second-order valence-electron chi connectivity index (χ2n) is 10.4. The lowest BCUT2D eigenvalue weighted by Crippen LogP contribution is -2.40. The van der Waals surface area contributed by atoms with Gasteiger partial charge in [0.1, 0.15) is 0 Å². The van der Waals surface area contributed by atoms with Crippen molar-refractivity contribution in [2.24, 2.45) is 35.5 Å². The van der Waals surface area contributed by atoms with Crippen LogP contribution in [0.4, 0.5) is 0 Å². The highest BCUT2D eigenvalue weighted by molar-refractivity contribution is 7.90. The summed E-state index contributed by atoms with van der Waals surface area (Å²) in [4.78, 5) is 19.2. The van der Waals surface area contributed by atoms with Crippen LogP contribution in [0.15, 0.2) is 35.4 Å². The average molecular weight is 459 g/mol. The van der Waals surface area contributed by atoms with Gasteiger partial charge in [-0.2, -0.15) is 0 Å². The number of ether oxygens (including phenoxy) is 1. The minimum atomic E-state index is -3.23. The molecular weight excluding hydrogens is 424 g/mol. The maximum Gasteiger partial charge on any atom is 0.222 e. The number of aromatic nitrogens is 1. The lowest BCUT2D eigenvalue weighted by atomic mass is 9.88. The second-order valence-corrected chi connectivity index (χ2v) is 12.4.